The van der Waals surface area contributed by atoms with Crippen molar-refractivity contribution in [3.05, 3.63) is 82.9 Å². The van der Waals surface area contributed by atoms with Crippen LogP contribution < -0.4 is 4.72 Å². The Kier molecular flexibility index (Phi) is 8.48. The molecule has 0 radical (unpaired) electrons. The van der Waals surface area contributed by atoms with Gasteiger partial charge in [0.2, 0.25) is 10.0 Å². The molecule has 0 unspecified atom stereocenters. The van der Waals surface area contributed by atoms with Gasteiger partial charge in [-0.15, -0.1) is 0 Å². The summed E-state index contributed by atoms with van der Waals surface area (Å²) in [5.41, 5.74) is 5.31. The monoisotopic (exact) mass is 527 g/mol. The number of nitrogens with one attached hydrogen (secondary N) is 1. The Balaban J connectivity index is 1.90. The molecule has 7 heteroatoms. The molecule has 0 spiro atoms. The summed E-state index contributed by atoms with van der Waals surface area (Å²) in [6.45, 7) is 12.5. The predicted molar refractivity (Wildman–Crippen MR) is 148 cm³/mol. The Morgan fingerprint density at radius 3 is 1.72 bits per heavy atom. The van der Waals surface area contributed by atoms with Crippen molar-refractivity contribution in [3.63, 3.8) is 0 Å². The first-order chi connectivity index (χ1) is 16.7. The zero-order valence-electron chi connectivity index (χ0n) is 22.2. The molecule has 0 saturated heterocycles. The first-order valence-corrected chi connectivity index (χ1v) is 15.6. The number of benzene rings is 3. The number of sulfone groups is 1. The van der Waals surface area contributed by atoms with Gasteiger partial charge in [-0.1, -0.05) is 90.1 Å². The first kappa shape index (κ1) is 28.1. The minimum absolute atomic E-state index is 0.0646. The maximum Gasteiger partial charge on any atom is 0.241 e. The van der Waals surface area contributed by atoms with Crippen LogP contribution in [0.3, 0.4) is 0 Å². The van der Waals surface area contributed by atoms with E-state index in [1.165, 1.54) is 6.26 Å². The van der Waals surface area contributed by atoms with Crippen LogP contribution in [0, 0.1) is 0 Å². The lowest BCUT2D eigenvalue weighted by Crippen LogP contribution is -2.26. The molecular formula is C29H37NO4S2. The number of hydrogen-bond donors (Lipinski definition) is 1. The van der Waals surface area contributed by atoms with Crippen LogP contribution in [0.2, 0.25) is 0 Å². The summed E-state index contributed by atoms with van der Waals surface area (Å²) in [7, 11) is -7.05. The fourth-order valence-corrected chi connectivity index (χ4v) is 6.55. The Morgan fingerprint density at radius 1 is 0.694 bits per heavy atom. The van der Waals surface area contributed by atoms with E-state index in [9.17, 15) is 16.8 Å². The lowest BCUT2D eigenvalue weighted by atomic mass is 9.89. The normalized spacial score (nSPS) is 12.6. The van der Waals surface area contributed by atoms with E-state index in [1.807, 2.05) is 70.2 Å². The molecule has 0 amide bonds. The molecular weight excluding hydrogens is 490 g/mol. The van der Waals surface area contributed by atoms with Gasteiger partial charge >= 0.3 is 0 Å². The van der Waals surface area contributed by atoms with Gasteiger partial charge in [0.1, 0.15) is 0 Å². The fraction of sp³-hybridized carbons (Fsp3) is 0.379. The summed E-state index contributed by atoms with van der Waals surface area (Å²) in [6, 6.07) is 18.3. The maximum atomic E-state index is 13.6. The average molecular weight is 528 g/mol. The van der Waals surface area contributed by atoms with E-state index in [4.69, 9.17) is 0 Å². The molecule has 0 bridgehead atoms. The van der Waals surface area contributed by atoms with Crippen LogP contribution in [0.25, 0.3) is 11.1 Å². The lowest BCUT2D eigenvalue weighted by molar-refractivity contribution is 0.575. The second-order valence-electron chi connectivity index (χ2n) is 10.3. The molecule has 5 nitrogen and oxygen atoms in total. The van der Waals surface area contributed by atoms with Crippen LogP contribution in [0.1, 0.15) is 81.5 Å². The number of hydrogen-bond acceptors (Lipinski definition) is 4. The lowest BCUT2D eigenvalue weighted by Gasteiger charge is -2.23. The molecule has 0 saturated carbocycles. The van der Waals surface area contributed by atoms with Crippen molar-refractivity contribution in [1.29, 1.82) is 0 Å². The van der Waals surface area contributed by atoms with Crippen molar-refractivity contribution in [1.82, 2.24) is 4.72 Å². The van der Waals surface area contributed by atoms with E-state index in [0.29, 0.717) is 10.8 Å². The summed E-state index contributed by atoms with van der Waals surface area (Å²) < 4.78 is 53.8. The van der Waals surface area contributed by atoms with Crippen LogP contribution in [-0.2, 0) is 26.4 Å². The summed E-state index contributed by atoms with van der Waals surface area (Å²) in [4.78, 5) is 0.661. The second kappa shape index (κ2) is 10.9. The predicted octanol–water partition coefficient (Wildman–Crippen LogP) is 6.61. The van der Waals surface area contributed by atoms with Gasteiger partial charge in [0.15, 0.2) is 9.84 Å². The minimum Gasteiger partial charge on any atom is -0.224 e. The van der Waals surface area contributed by atoms with Crippen LogP contribution in [0.5, 0.6) is 0 Å². The Hall–Kier alpha value is -2.48. The number of rotatable bonds is 9. The van der Waals surface area contributed by atoms with Crippen molar-refractivity contribution in [2.45, 2.75) is 75.6 Å². The second-order valence-corrected chi connectivity index (χ2v) is 14.0. The van der Waals surface area contributed by atoms with E-state index >= 15 is 0 Å². The van der Waals surface area contributed by atoms with E-state index in [-0.39, 0.29) is 23.3 Å². The van der Waals surface area contributed by atoms with Gasteiger partial charge in [-0.25, -0.2) is 21.6 Å². The molecule has 3 rings (SSSR count). The molecule has 0 aliphatic rings. The zero-order chi connectivity index (χ0) is 26.8. The summed E-state index contributed by atoms with van der Waals surface area (Å²) in [5, 5.41) is 0. The Morgan fingerprint density at radius 2 is 1.25 bits per heavy atom. The highest BCUT2D eigenvalue weighted by Crippen LogP contribution is 2.35. The van der Waals surface area contributed by atoms with Crippen LogP contribution >= 0.6 is 0 Å². The van der Waals surface area contributed by atoms with Crippen LogP contribution in [0.4, 0.5) is 0 Å². The van der Waals surface area contributed by atoms with Crippen molar-refractivity contribution in [3.8, 4) is 11.1 Å². The standard InChI is InChI=1S/C29H37NO4S2/c1-19(2)25-16-27(20(3)4)29(28(17-25)21(5)6)36(33,34)30-18-22-11-13-23(14-12-22)24-9-8-10-26(15-24)35(7,31)32/h8-17,19-21,30H,18H2,1-7H3. The van der Waals surface area contributed by atoms with Gasteiger partial charge in [-0.05, 0) is 63.3 Å². The summed E-state index contributed by atoms with van der Waals surface area (Å²) >= 11 is 0. The molecule has 3 aromatic carbocycles. The molecule has 0 heterocycles. The third-order valence-electron chi connectivity index (χ3n) is 6.36. The van der Waals surface area contributed by atoms with E-state index in [2.05, 4.69) is 18.6 Å². The molecule has 36 heavy (non-hydrogen) atoms. The molecule has 0 aliphatic heterocycles. The van der Waals surface area contributed by atoms with Crippen molar-refractivity contribution in [2.75, 3.05) is 6.26 Å². The third kappa shape index (κ3) is 6.44. The number of sulfonamides is 1. The largest absolute Gasteiger partial charge is 0.241 e. The third-order valence-corrected chi connectivity index (χ3v) is 9.01. The van der Waals surface area contributed by atoms with Crippen molar-refractivity contribution >= 4 is 19.9 Å². The molecule has 3 aromatic rings. The molecule has 0 aliphatic carbocycles. The highest BCUT2D eigenvalue weighted by Gasteiger charge is 2.26. The van der Waals surface area contributed by atoms with Crippen molar-refractivity contribution in [2.24, 2.45) is 0 Å². The first-order valence-electron chi connectivity index (χ1n) is 12.3. The highest BCUT2D eigenvalue weighted by atomic mass is 32.2. The van der Waals surface area contributed by atoms with Gasteiger partial charge in [0.05, 0.1) is 9.79 Å². The molecule has 194 valence electrons. The van der Waals surface area contributed by atoms with Gasteiger partial charge < -0.3 is 0 Å². The SMILES string of the molecule is CC(C)c1cc(C(C)C)c(S(=O)(=O)NCc2ccc(-c3cccc(S(C)(=O)=O)c3)cc2)c(C(C)C)c1. The van der Waals surface area contributed by atoms with E-state index in [0.717, 1.165) is 33.4 Å². The topological polar surface area (TPSA) is 80.3 Å². The molecule has 0 atom stereocenters. The Labute approximate surface area is 216 Å². The fourth-order valence-electron chi connectivity index (χ4n) is 4.17. The van der Waals surface area contributed by atoms with Gasteiger partial charge in [0.25, 0.3) is 0 Å². The van der Waals surface area contributed by atoms with E-state index in [1.54, 1.807) is 18.2 Å². The van der Waals surface area contributed by atoms with Gasteiger partial charge in [-0.3, -0.25) is 0 Å². The molecule has 0 fully saturated rings. The Bertz CT molecular complexity index is 1410. The quantitative estimate of drug-likeness (QED) is 0.340. The maximum absolute atomic E-state index is 13.6. The van der Waals surface area contributed by atoms with Crippen molar-refractivity contribution < 1.29 is 16.8 Å². The molecule has 0 aromatic heterocycles. The summed E-state index contributed by atoms with van der Waals surface area (Å²) in [5.74, 6) is 0.436. The summed E-state index contributed by atoms with van der Waals surface area (Å²) in [6.07, 6.45) is 1.19. The van der Waals surface area contributed by atoms with Gasteiger partial charge in [0, 0.05) is 12.8 Å². The van der Waals surface area contributed by atoms with E-state index < -0.39 is 19.9 Å². The molecule has 1 N–H and O–H groups in total. The van der Waals surface area contributed by atoms with Crippen LogP contribution in [0.15, 0.2) is 70.5 Å². The smallest absolute Gasteiger partial charge is 0.224 e. The minimum atomic E-state index is -3.75. The zero-order valence-corrected chi connectivity index (χ0v) is 23.8. The van der Waals surface area contributed by atoms with Gasteiger partial charge in [-0.2, -0.15) is 0 Å². The highest BCUT2D eigenvalue weighted by molar-refractivity contribution is 7.90. The van der Waals surface area contributed by atoms with Crippen LogP contribution in [-0.4, -0.2) is 23.1 Å². The average Bonchev–Trinajstić information content (AvgIpc) is 2.81.